The first-order valence-corrected chi connectivity index (χ1v) is 4.67. The van der Waals surface area contributed by atoms with Gasteiger partial charge in [0.25, 0.3) is 5.91 Å². The number of rotatable bonds is 3. The van der Waals surface area contributed by atoms with Crippen LogP contribution in [-0.4, -0.2) is 28.3 Å². The molecule has 1 fully saturated rings. The first-order chi connectivity index (χ1) is 8.01. The molecule has 0 aliphatic carbocycles. The molecule has 4 N–H and O–H groups in total. The average molecular weight is 245 g/mol. The minimum atomic E-state index is -2.92. The molecule has 0 spiro atoms. The third-order valence-electron chi connectivity index (χ3n) is 2.54. The SMILES string of the molecule is NC[C@]1(c2ccnn2C(F)F)NC(=O)NC1=O. The number of urea groups is 1. The Labute approximate surface area is 94.0 Å². The standard InChI is InChI=1S/C8H9F2N5O2/c9-6(10)15-4(1-2-12-15)8(3-11)5(16)13-7(17)14-8/h1-2,6H,3,11H2,(H2,13,14,16,17)/t8-/m1/s1. The van der Waals surface area contributed by atoms with E-state index in [1.54, 1.807) is 0 Å². The van der Waals surface area contributed by atoms with Gasteiger partial charge in [-0.1, -0.05) is 0 Å². The number of aromatic nitrogens is 2. The van der Waals surface area contributed by atoms with Crippen LogP contribution in [0.5, 0.6) is 0 Å². The van der Waals surface area contributed by atoms with E-state index in [4.69, 9.17) is 5.73 Å². The Morgan fingerprint density at radius 2 is 2.24 bits per heavy atom. The van der Waals surface area contributed by atoms with Crippen molar-refractivity contribution in [2.45, 2.75) is 12.1 Å². The fraction of sp³-hybridized carbons (Fsp3) is 0.375. The number of alkyl halides is 2. The van der Waals surface area contributed by atoms with Crippen LogP contribution in [0.2, 0.25) is 0 Å². The maximum absolute atomic E-state index is 12.7. The third kappa shape index (κ3) is 1.55. The molecule has 3 amide bonds. The van der Waals surface area contributed by atoms with Crippen LogP contribution in [0.15, 0.2) is 12.3 Å². The largest absolute Gasteiger partial charge is 0.333 e. The normalized spacial score (nSPS) is 24.0. The quantitative estimate of drug-likeness (QED) is 0.611. The number of halogens is 2. The Morgan fingerprint density at radius 3 is 2.71 bits per heavy atom. The zero-order valence-electron chi connectivity index (χ0n) is 8.48. The molecule has 1 aromatic rings. The average Bonchev–Trinajstić information content (AvgIpc) is 2.83. The molecule has 0 saturated carbocycles. The second-order valence-electron chi connectivity index (χ2n) is 3.46. The Kier molecular flexibility index (Phi) is 2.54. The smallest absolute Gasteiger partial charge is 0.327 e. The number of amides is 3. The molecule has 0 unspecified atom stereocenters. The highest BCUT2D eigenvalue weighted by atomic mass is 19.3. The van der Waals surface area contributed by atoms with Crippen LogP contribution in [0.25, 0.3) is 0 Å². The Morgan fingerprint density at radius 1 is 1.53 bits per heavy atom. The minimum Gasteiger partial charge on any atom is -0.327 e. The summed E-state index contributed by atoms with van der Waals surface area (Å²) in [5.74, 6) is -0.771. The van der Waals surface area contributed by atoms with E-state index in [9.17, 15) is 18.4 Å². The summed E-state index contributed by atoms with van der Waals surface area (Å²) in [5.41, 5.74) is 3.58. The highest BCUT2D eigenvalue weighted by Gasteiger charge is 2.49. The summed E-state index contributed by atoms with van der Waals surface area (Å²) in [6.07, 6.45) is 1.11. The molecule has 1 aromatic heterocycles. The van der Waals surface area contributed by atoms with E-state index >= 15 is 0 Å². The van der Waals surface area contributed by atoms with Crippen LogP contribution in [0.1, 0.15) is 12.2 Å². The van der Waals surface area contributed by atoms with Gasteiger partial charge >= 0.3 is 12.6 Å². The van der Waals surface area contributed by atoms with Crippen molar-refractivity contribution < 1.29 is 18.4 Å². The van der Waals surface area contributed by atoms with Crippen molar-refractivity contribution >= 4 is 11.9 Å². The van der Waals surface area contributed by atoms with Gasteiger partial charge in [-0.25, -0.2) is 9.48 Å². The lowest BCUT2D eigenvalue weighted by molar-refractivity contribution is -0.124. The van der Waals surface area contributed by atoms with E-state index in [1.807, 2.05) is 5.32 Å². The summed E-state index contributed by atoms with van der Waals surface area (Å²) in [5, 5.41) is 7.60. The van der Waals surface area contributed by atoms with E-state index in [0.29, 0.717) is 4.68 Å². The lowest BCUT2D eigenvalue weighted by Crippen LogP contribution is -2.51. The van der Waals surface area contributed by atoms with Gasteiger partial charge in [0.05, 0.1) is 5.69 Å². The topological polar surface area (TPSA) is 102 Å². The van der Waals surface area contributed by atoms with Gasteiger partial charge in [0.2, 0.25) is 0 Å². The van der Waals surface area contributed by atoms with Crippen LogP contribution in [0, 0.1) is 0 Å². The van der Waals surface area contributed by atoms with Gasteiger partial charge < -0.3 is 11.1 Å². The molecule has 0 bridgehead atoms. The van der Waals surface area contributed by atoms with Crippen LogP contribution < -0.4 is 16.4 Å². The van der Waals surface area contributed by atoms with Crippen LogP contribution in [0.3, 0.4) is 0 Å². The van der Waals surface area contributed by atoms with E-state index in [2.05, 4.69) is 10.4 Å². The molecule has 0 radical (unpaired) electrons. The van der Waals surface area contributed by atoms with Crippen molar-refractivity contribution in [3.8, 4) is 0 Å². The monoisotopic (exact) mass is 245 g/mol. The second-order valence-corrected chi connectivity index (χ2v) is 3.46. The number of carbonyl (C=O) groups excluding carboxylic acids is 2. The Bertz CT molecular complexity index is 474. The van der Waals surface area contributed by atoms with Crippen LogP contribution >= 0.6 is 0 Å². The lowest BCUT2D eigenvalue weighted by atomic mass is 9.95. The first kappa shape index (κ1) is 11.5. The molecule has 2 rings (SSSR count). The fourth-order valence-electron chi connectivity index (χ4n) is 1.73. The van der Waals surface area contributed by atoms with Gasteiger partial charge in [-0.15, -0.1) is 0 Å². The molecule has 1 aliphatic rings. The molecular weight excluding hydrogens is 236 g/mol. The number of hydrogen-bond acceptors (Lipinski definition) is 4. The maximum Gasteiger partial charge on any atom is 0.333 e. The van der Waals surface area contributed by atoms with Crippen molar-refractivity contribution in [2.75, 3.05) is 6.54 Å². The predicted octanol–water partition coefficient (Wildman–Crippen LogP) is -0.728. The Balaban J connectivity index is 2.52. The van der Waals surface area contributed by atoms with E-state index in [-0.39, 0.29) is 12.2 Å². The predicted molar refractivity (Wildman–Crippen MR) is 50.9 cm³/mol. The molecule has 0 aromatic carbocycles. The number of hydrogen-bond donors (Lipinski definition) is 3. The summed E-state index contributed by atoms with van der Waals surface area (Å²) >= 11 is 0. The lowest BCUT2D eigenvalue weighted by Gasteiger charge is -2.24. The molecule has 17 heavy (non-hydrogen) atoms. The summed E-state index contributed by atoms with van der Waals surface area (Å²) in [6.45, 7) is -3.27. The molecule has 7 nitrogen and oxygen atoms in total. The number of nitrogens with zero attached hydrogens (tertiary/aromatic N) is 2. The number of imide groups is 1. The number of nitrogens with one attached hydrogen (secondary N) is 2. The fourth-order valence-corrected chi connectivity index (χ4v) is 1.73. The molecule has 1 aliphatic heterocycles. The maximum atomic E-state index is 12.7. The summed E-state index contributed by atoms with van der Waals surface area (Å²) < 4.78 is 25.7. The number of nitrogens with two attached hydrogens (primary N) is 1. The highest BCUT2D eigenvalue weighted by molar-refractivity contribution is 6.07. The summed E-state index contributed by atoms with van der Waals surface area (Å²) in [4.78, 5) is 22.7. The zero-order chi connectivity index (χ0) is 12.6. The van der Waals surface area contributed by atoms with E-state index in [1.165, 1.54) is 6.07 Å². The first-order valence-electron chi connectivity index (χ1n) is 4.67. The van der Waals surface area contributed by atoms with Crippen molar-refractivity contribution in [1.82, 2.24) is 20.4 Å². The third-order valence-corrected chi connectivity index (χ3v) is 2.54. The van der Waals surface area contributed by atoms with E-state index < -0.39 is 24.0 Å². The molecule has 92 valence electrons. The highest BCUT2D eigenvalue weighted by Crippen LogP contribution is 2.26. The van der Waals surface area contributed by atoms with Gasteiger partial charge in [0.1, 0.15) is 0 Å². The zero-order valence-corrected chi connectivity index (χ0v) is 8.48. The van der Waals surface area contributed by atoms with Gasteiger partial charge in [-0.05, 0) is 6.07 Å². The summed E-state index contributed by atoms with van der Waals surface area (Å²) in [7, 11) is 0. The van der Waals surface area contributed by atoms with Gasteiger partial charge in [-0.2, -0.15) is 13.9 Å². The molecular formula is C8H9F2N5O2. The van der Waals surface area contributed by atoms with Crippen molar-refractivity contribution in [2.24, 2.45) is 5.73 Å². The summed E-state index contributed by atoms with van der Waals surface area (Å²) in [6, 6.07) is 0.437. The minimum absolute atomic E-state index is 0.154. The molecule has 1 saturated heterocycles. The number of carbonyl (C=O) groups is 2. The molecule has 9 heteroatoms. The second kappa shape index (κ2) is 3.77. The van der Waals surface area contributed by atoms with Gasteiger partial charge in [0.15, 0.2) is 5.54 Å². The van der Waals surface area contributed by atoms with Crippen LogP contribution in [0.4, 0.5) is 13.6 Å². The van der Waals surface area contributed by atoms with Crippen molar-refractivity contribution in [3.05, 3.63) is 18.0 Å². The van der Waals surface area contributed by atoms with Gasteiger partial charge in [0, 0.05) is 12.7 Å². The van der Waals surface area contributed by atoms with Crippen molar-refractivity contribution in [1.29, 1.82) is 0 Å². The van der Waals surface area contributed by atoms with E-state index in [0.717, 1.165) is 6.20 Å². The molecule has 1 atom stereocenters. The van der Waals surface area contributed by atoms with Gasteiger partial charge in [-0.3, -0.25) is 10.1 Å². The van der Waals surface area contributed by atoms with Crippen LogP contribution in [-0.2, 0) is 10.3 Å². The van der Waals surface area contributed by atoms with Crippen molar-refractivity contribution in [3.63, 3.8) is 0 Å². The Hall–Kier alpha value is -2.03. The molecule has 2 heterocycles.